The smallest absolute Gasteiger partial charge is 0.407 e. The summed E-state index contributed by atoms with van der Waals surface area (Å²) in [4.78, 5) is 26.6. The summed E-state index contributed by atoms with van der Waals surface area (Å²) in [5.74, 6) is -0.821. The standard InChI is InChI=1S/C45H67NO13/c1-22-14-27-8-10-31-23(2)15-29(51-31)12-13-45-20-36-39(57-45)40-41(56-36)42(58-45)38-32(55-40)11-9-28(53-38)16-25(47)17-30-34(19-33(52-27)24(22)3)54-35(37(30)50-7)18-26(48)21-46-43(49)59-44(4,5)6/h22,26-42,48H,2-3,8-21H2,1,4-7H3,(H,46,49)/t22?,26?,27?,28?,29?,30?,31-,32?,33?,34-,35?,36?,37+,38-,39?,40-,41?,42?,45-/m0/s1. The maximum absolute atomic E-state index is 14.2. The average molecular weight is 830 g/mol. The molecule has 2 N–H and O–H groups in total. The molecule has 10 saturated heterocycles. The molecule has 0 aromatic carbocycles. The summed E-state index contributed by atoms with van der Waals surface area (Å²) in [7, 11) is 1.63. The Morgan fingerprint density at radius 3 is 2.36 bits per heavy atom. The fourth-order valence-electron chi connectivity index (χ4n) is 11.8. The second-order valence-corrected chi connectivity index (χ2v) is 20.1. The minimum atomic E-state index is -0.935. The van der Waals surface area contributed by atoms with Crippen LogP contribution in [0.25, 0.3) is 0 Å². The van der Waals surface area contributed by atoms with Gasteiger partial charge in [-0.1, -0.05) is 20.1 Å². The maximum atomic E-state index is 14.2. The second kappa shape index (κ2) is 16.6. The largest absolute Gasteiger partial charge is 0.444 e. The van der Waals surface area contributed by atoms with Crippen molar-refractivity contribution in [1.29, 1.82) is 0 Å². The van der Waals surface area contributed by atoms with Crippen LogP contribution in [-0.2, 0) is 52.2 Å². The molecule has 10 heterocycles. The van der Waals surface area contributed by atoms with E-state index in [0.717, 1.165) is 49.7 Å². The predicted octanol–water partition coefficient (Wildman–Crippen LogP) is 5.00. The average Bonchev–Trinajstić information content (AvgIpc) is 3.85. The molecule has 0 aromatic heterocycles. The molecule has 0 radical (unpaired) electrons. The van der Waals surface area contributed by atoms with Gasteiger partial charge in [0.2, 0.25) is 0 Å². The van der Waals surface area contributed by atoms with Crippen molar-refractivity contribution in [3.8, 4) is 0 Å². The van der Waals surface area contributed by atoms with E-state index in [2.05, 4.69) is 25.4 Å². The number of alkyl carbamates (subject to hydrolysis) is 1. The van der Waals surface area contributed by atoms with Gasteiger partial charge in [0.25, 0.3) is 0 Å². The normalized spacial score (nSPS) is 47.7. The number of Topliss-reactive ketones (excluding diaryl/α,β-unsaturated/α-hetero) is 1. The molecule has 19 atom stereocenters. The third kappa shape index (κ3) is 8.71. The summed E-state index contributed by atoms with van der Waals surface area (Å²) < 4.78 is 65.7. The molecule has 13 unspecified atom stereocenters. The third-order valence-electron chi connectivity index (χ3n) is 14.6. The fraction of sp³-hybridized carbons (Fsp3) is 0.867. The number of ether oxygens (including phenoxy) is 10. The molecule has 59 heavy (non-hydrogen) atoms. The first-order valence-corrected chi connectivity index (χ1v) is 22.5. The fourth-order valence-corrected chi connectivity index (χ4v) is 11.8. The number of aliphatic hydroxyl groups excluding tert-OH is 1. The van der Waals surface area contributed by atoms with Gasteiger partial charge in [-0.15, -0.1) is 0 Å². The van der Waals surface area contributed by atoms with Gasteiger partial charge in [0, 0.05) is 58.1 Å². The molecular weight excluding hydrogens is 762 g/mol. The summed E-state index contributed by atoms with van der Waals surface area (Å²) in [6, 6.07) is 0. The summed E-state index contributed by atoms with van der Waals surface area (Å²) in [5, 5.41) is 13.8. The SMILES string of the molecule is C=C1C(C)CC2CC[C@@H]3OC(CC[C@@]45CC6OC7C(O4)[C@H]4OC(CCC4O[C@H]7C6O5)CC(=O)CC4[C@@H](OC)C(CC(O)CNC(=O)OC(C)(C)C)O[C@H]4CC1O2)CC3=C. The van der Waals surface area contributed by atoms with Crippen molar-refractivity contribution in [3.63, 3.8) is 0 Å². The Morgan fingerprint density at radius 2 is 1.56 bits per heavy atom. The van der Waals surface area contributed by atoms with E-state index in [-0.39, 0.29) is 117 Å². The zero-order chi connectivity index (χ0) is 41.4. The number of carbonyl (C=O) groups excluding carboxylic acids is 2. The molecule has 12 bridgehead atoms. The van der Waals surface area contributed by atoms with E-state index in [1.807, 2.05) is 0 Å². The van der Waals surface area contributed by atoms with Crippen molar-refractivity contribution < 1.29 is 62.1 Å². The lowest BCUT2D eigenvalue weighted by Crippen LogP contribution is -2.61. The van der Waals surface area contributed by atoms with Gasteiger partial charge in [-0.3, -0.25) is 4.79 Å². The monoisotopic (exact) mass is 829 g/mol. The van der Waals surface area contributed by atoms with Crippen molar-refractivity contribution >= 4 is 11.9 Å². The summed E-state index contributed by atoms with van der Waals surface area (Å²) >= 11 is 0. The number of hydrogen-bond donors (Lipinski definition) is 2. The summed E-state index contributed by atoms with van der Waals surface area (Å²) in [6.45, 7) is 16.5. The molecule has 1 spiro atoms. The third-order valence-corrected chi connectivity index (χ3v) is 14.6. The minimum Gasteiger partial charge on any atom is -0.444 e. The van der Waals surface area contributed by atoms with Gasteiger partial charge in [-0.05, 0) is 82.8 Å². The summed E-state index contributed by atoms with van der Waals surface area (Å²) in [5.41, 5.74) is 1.48. The molecule has 330 valence electrons. The van der Waals surface area contributed by atoms with E-state index < -0.39 is 41.9 Å². The Morgan fingerprint density at radius 1 is 0.831 bits per heavy atom. The number of nitrogens with one attached hydrogen (secondary N) is 1. The molecular formula is C45H67NO13. The van der Waals surface area contributed by atoms with Crippen molar-refractivity contribution in [1.82, 2.24) is 5.32 Å². The van der Waals surface area contributed by atoms with Crippen LogP contribution in [0.4, 0.5) is 4.79 Å². The molecule has 0 aliphatic carbocycles. The molecule has 1 amide bonds. The Balaban J connectivity index is 0.955. The van der Waals surface area contributed by atoms with Crippen molar-refractivity contribution in [3.05, 3.63) is 24.3 Å². The van der Waals surface area contributed by atoms with Crippen molar-refractivity contribution in [2.24, 2.45) is 11.8 Å². The Bertz CT molecular complexity index is 1600. The predicted molar refractivity (Wildman–Crippen MR) is 211 cm³/mol. The Labute approximate surface area is 348 Å². The van der Waals surface area contributed by atoms with Gasteiger partial charge in [-0.2, -0.15) is 0 Å². The lowest BCUT2D eigenvalue weighted by molar-refractivity contribution is -0.292. The first-order valence-electron chi connectivity index (χ1n) is 22.5. The number of carbonyl (C=O) groups is 2. The van der Waals surface area contributed by atoms with Gasteiger partial charge in [0.05, 0.1) is 67.1 Å². The molecule has 14 nitrogen and oxygen atoms in total. The Kier molecular flexibility index (Phi) is 11.9. The van der Waals surface area contributed by atoms with Gasteiger partial charge >= 0.3 is 6.09 Å². The second-order valence-electron chi connectivity index (χ2n) is 20.1. The first kappa shape index (κ1) is 42.3. The number of methoxy groups -OCH3 is 1. The van der Waals surface area contributed by atoms with Crippen LogP contribution in [0.2, 0.25) is 0 Å². The van der Waals surface area contributed by atoms with Crippen LogP contribution in [0.3, 0.4) is 0 Å². The zero-order valence-corrected chi connectivity index (χ0v) is 35.6. The van der Waals surface area contributed by atoms with Crippen LogP contribution in [0.1, 0.15) is 111 Å². The number of fused-ring (bicyclic) bond motifs is 6. The van der Waals surface area contributed by atoms with Crippen LogP contribution in [0.15, 0.2) is 24.3 Å². The molecule has 10 aliphatic rings. The van der Waals surface area contributed by atoms with Crippen LogP contribution < -0.4 is 5.32 Å². The number of hydrogen-bond acceptors (Lipinski definition) is 13. The molecule has 0 aromatic rings. The number of aliphatic hydroxyl groups is 1. The molecule has 10 aliphatic heterocycles. The maximum Gasteiger partial charge on any atom is 0.407 e. The highest BCUT2D eigenvalue weighted by molar-refractivity contribution is 5.79. The molecule has 14 heteroatoms. The quantitative estimate of drug-likeness (QED) is 0.357. The van der Waals surface area contributed by atoms with E-state index in [1.165, 1.54) is 0 Å². The highest BCUT2D eigenvalue weighted by atomic mass is 16.8. The number of ketones is 1. The molecule has 10 rings (SSSR count). The highest BCUT2D eigenvalue weighted by Gasteiger charge is 2.68. The molecule has 0 saturated carbocycles. The number of amides is 1. The van der Waals surface area contributed by atoms with E-state index in [1.54, 1.807) is 27.9 Å². The lowest BCUT2D eigenvalue weighted by atomic mass is 9.81. The zero-order valence-electron chi connectivity index (χ0n) is 35.6. The van der Waals surface area contributed by atoms with Crippen LogP contribution >= 0.6 is 0 Å². The highest BCUT2D eigenvalue weighted by Crippen LogP contribution is 2.54. The topological polar surface area (TPSA) is 159 Å². The van der Waals surface area contributed by atoms with Crippen LogP contribution in [-0.4, -0.2) is 140 Å². The first-order chi connectivity index (χ1) is 28.1. The van der Waals surface area contributed by atoms with E-state index in [0.29, 0.717) is 25.7 Å². The van der Waals surface area contributed by atoms with Gasteiger partial charge in [-0.25, -0.2) is 4.79 Å². The number of rotatable bonds is 5. The van der Waals surface area contributed by atoms with Crippen molar-refractivity contribution in [2.75, 3.05) is 13.7 Å². The van der Waals surface area contributed by atoms with Crippen LogP contribution in [0.5, 0.6) is 0 Å². The Hall–Kier alpha value is -1.98. The molecule has 10 fully saturated rings. The van der Waals surface area contributed by atoms with Gasteiger partial charge < -0.3 is 57.8 Å². The lowest BCUT2D eigenvalue weighted by Gasteiger charge is -2.47. The van der Waals surface area contributed by atoms with E-state index >= 15 is 0 Å². The summed E-state index contributed by atoms with van der Waals surface area (Å²) in [6.07, 6.45) is 2.78. The van der Waals surface area contributed by atoms with E-state index in [9.17, 15) is 14.7 Å². The van der Waals surface area contributed by atoms with Crippen molar-refractivity contribution in [2.45, 2.75) is 220 Å². The van der Waals surface area contributed by atoms with Gasteiger partial charge in [0.1, 0.15) is 41.9 Å². The minimum absolute atomic E-state index is 0.000416. The van der Waals surface area contributed by atoms with Crippen LogP contribution in [0, 0.1) is 11.8 Å². The van der Waals surface area contributed by atoms with E-state index in [4.69, 9.17) is 47.4 Å². The van der Waals surface area contributed by atoms with Gasteiger partial charge in [0.15, 0.2) is 5.79 Å².